The Morgan fingerprint density at radius 2 is 2.18 bits per heavy atom. The number of hydrogen-bond acceptors (Lipinski definition) is 4. The number of morpholine rings is 1. The van der Waals surface area contributed by atoms with Crippen molar-refractivity contribution in [1.29, 1.82) is 0 Å². The highest BCUT2D eigenvalue weighted by molar-refractivity contribution is 5.79. The van der Waals surface area contributed by atoms with Crippen molar-refractivity contribution >= 4 is 5.91 Å². The van der Waals surface area contributed by atoms with E-state index in [0.29, 0.717) is 18.6 Å². The van der Waals surface area contributed by atoms with Crippen LogP contribution in [-0.4, -0.2) is 48.7 Å². The van der Waals surface area contributed by atoms with Gasteiger partial charge in [0.1, 0.15) is 0 Å². The minimum atomic E-state index is -0.514. The third-order valence-electron chi connectivity index (χ3n) is 3.94. The van der Waals surface area contributed by atoms with Gasteiger partial charge in [0.2, 0.25) is 5.91 Å². The van der Waals surface area contributed by atoms with Crippen molar-refractivity contribution in [3.05, 3.63) is 0 Å². The molecule has 5 nitrogen and oxygen atoms in total. The van der Waals surface area contributed by atoms with Crippen LogP contribution in [0, 0.1) is 0 Å². The Kier molecular flexibility index (Phi) is 4.36. The van der Waals surface area contributed by atoms with Crippen LogP contribution >= 0.6 is 0 Å². The first-order valence-electron chi connectivity index (χ1n) is 6.59. The molecule has 0 radical (unpaired) electrons. The number of nitrogens with two attached hydrogens (primary N) is 2. The molecule has 4 N–H and O–H groups in total. The number of rotatable bonds is 4. The van der Waals surface area contributed by atoms with Gasteiger partial charge >= 0.3 is 0 Å². The zero-order valence-electron chi connectivity index (χ0n) is 10.3. The van der Waals surface area contributed by atoms with Crippen molar-refractivity contribution < 1.29 is 9.53 Å². The van der Waals surface area contributed by atoms with Gasteiger partial charge in [0.15, 0.2) is 0 Å². The molecule has 2 fully saturated rings. The van der Waals surface area contributed by atoms with Crippen LogP contribution in [0.25, 0.3) is 0 Å². The summed E-state index contributed by atoms with van der Waals surface area (Å²) in [6.45, 7) is 2.61. The van der Waals surface area contributed by atoms with E-state index >= 15 is 0 Å². The second-order valence-electron chi connectivity index (χ2n) is 5.09. The van der Waals surface area contributed by atoms with Crippen LogP contribution in [0.15, 0.2) is 0 Å². The van der Waals surface area contributed by atoms with E-state index in [1.54, 1.807) is 0 Å². The molecule has 0 aromatic rings. The van der Waals surface area contributed by atoms with Gasteiger partial charge < -0.3 is 16.2 Å². The van der Waals surface area contributed by atoms with E-state index in [9.17, 15) is 4.79 Å². The van der Waals surface area contributed by atoms with E-state index in [4.69, 9.17) is 16.2 Å². The average molecular weight is 241 g/mol. The first-order valence-corrected chi connectivity index (χ1v) is 6.59. The number of hydrogen-bond donors (Lipinski definition) is 2. The molecule has 98 valence electrons. The topological polar surface area (TPSA) is 81.6 Å². The minimum absolute atomic E-state index is 0.391. The van der Waals surface area contributed by atoms with Crippen LogP contribution < -0.4 is 11.5 Å². The van der Waals surface area contributed by atoms with Gasteiger partial charge in [-0.25, -0.2) is 0 Å². The fraction of sp³-hybridized carbons (Fsp3) is 0.917. The highest BCUT2D eigenvalue weighted by Crippen LogP contribution is 2.28. The van der Waals surface area contributed by atoms with Gasteiger partial charge in [0.05, 0.1) is 18.8 Å². The molecule has 3 atom stereocenters. The lowest BCUT2D eigenvalue weighted by molar-refractivity contribution is -0.120. The van der Waals surface area contributed by atoms with E-state index in [2.05, 4.69) is 4.90 Å². The van der Waals surface area contributed by atoms with E-state index in [-0.39, 0.29) is 0 Å². The van der Waals surface area contributed by atoms with Crippen molar-refractivity contribution in [2.24, 2.45) is 11.5 Å². The summed E-state index contributed by atoms with van der Waals surface area (Å²) in [5, 5.41) is 0. The molecule has 5 heteroatoms. The lowest BCUT2D eigenvalue weighted by Gasteiger charge is -2.44. The smallest absolute Gasteiger partial charge is 0.234 e. The second-order valence-corrected chi connectivity index (χ2v) is 5.09. The number of primary amides is 1. The van der Waals surface area contributed by atoms with Crippen molar-refractivity contribution in [1.82, 2.24) is 4.90 Å². The molecular formula is C12H23N3O2. The Morgan fingerprint density at radius 3 is 2.94 bits per heavy atom. The summed E-state index contributed by atoms with van der Waals surface area (Å²) in [5.74, 6) is -0.404. The molecule has 1 saturated heterocycles. The molecule has 2 aliphatic rings. The number of nitrogens with zero attached hydrogens (tertiary/aromatic N) is 1. The zero-order chi connectivity index (χ0) is 12.3. The van der Waals surface area contributed by atoms with Crippen LogP contribution in [0.1, 0.15) is 32.1 Å². The number of fused-ring (bicyclic) bond motifs is 1. The Morgan fingerprint density at radius 1 is 1.41 bits per heavy atom. The molecule has 1 aliphatic carbocycles. The summed E-state index contributed by atoms with van der Waals surface area (Å²) >= 11 is 0. The maximum absolute atomic E-state index is 10.9. The molecule has 0 aromatic carbocycles. The van der Waals surface area contributed by atoms with Crippen molar-refractivity contribution in [2.45, 2.75) is 50.3 Å². The lowest BCUT2D eigenvalue weighted by atomic mass is 9.90. The minimum Gasteiger partial charge on any atom is -0.375 e. The van der Waals surface area contributed by atoms with E-state index < -0.39 is 11.9 Å². The summed E-state index contributed by atoms with van der Waals surface area (Å²) < 4.78 is 5.80. The number of carbonyl (C=O) groups excluding carboxylic acids is 1. The van der Waals surface area contributed by atoms with E-state index in [0.717, 1.165) is 19.7 Å². The molecule has 0 spiro atoms. The monoisotopic (exact) mass is 241 g/mol. The highest BCUT2D eigenvalue weighted by Gasteiger charge is 2.34. The quantitative estimate of drug-likeness (QED) is 0.716. The maximum Gasteiger partial charge on any atom is 0.234 e. The molecular weight excluding hydrogens is 218 g/mol. The third-order valence-corrected chi connectivity index (χ3v) is 3.94. The third kappa shape index (κ3) is 3.18. The SMILES string of the molecule is NC(=O)C(N)CCN1CCOC2CCCCC21. The fourth-order valence-electron chi connectivity index (χ4n) is 2.90. The lowest BCUT2D eigenvalue weighted by Crippen LogP contribution is -2.53. The second kappa shape index (κ2) is 5.80. The van der Waals surface area contributed by atoms with Crippen molar-refractivity contribution in [2.75, 3.05) is 19.7 Å². The van der Waals surface area contributed by atoms with Crippen molar-refractivity contribution in [3.8, 4) is 0 Å². The average Bonchev–Trinajstić information content (AvgIpc) is 2.35. The summed E-state index contributed by atoms with van der Waals surface area (Å²) in [6.07, 6.45) is 5.97. The van der Waals surface area contributed by atoms with Gasteiger partial charge in [0, 0.05) is 19.1 Å². The Balaban J connectivity index is 1.84. The van der Waals surface area contributed by atoms with E-state index in [1.807, 2.05) is 0 Å². The molecule has 1 aliphatic heterocycles. The van der Waals surface area contributed by atoms with Gasteiger partial charge in [0.25, 0.3) is 0 Å². The van der Waals surface area contributed by atoms with Crippen LogP contribution in [-0.2, 0) is 9.53 Å². The largest absolute Gasteiger partial charge is 0.375 e. The van der Waals surface area contributed by atoms with Crippen molar-refractivity contribution in [3.63, 3.8) is 0 Å². The Hall–Kier alpha value is -0.650. The summed E-state index contributed by atoms with van der Waals surface area (Å²) in [5.41, 5.74) is 10.8. The normalized spacial score (nSPS) is 31.8. The van der Waals surface area contributed by atoms with Crippen LogP contribution in [0.4, 0.5) is 0 Å². The van der Waals surface area contributed by atoms with Gasteiger partial charge in [-0.15, -0.1) is 0 Å². The number of ether oxygens (including phenoxy) is 1. The van der Waals surface area contributed by atoms with E-state index in [1.165, 1.54) is 25.7 Å². The molecule has 3 unspecified atom stereocenters. The summed E-state index contributed by atoms with van der Waals surface area (Å²) in [7, 11) is 0. The number of amides is 1. The molecule has 1 heterocycles. The Bertz CT molecular complexity index is 270. The first-order chi connectivity index (χ1) is 8.18. The summed E-state index contributed by atoms with van der Waals surface area (Å²) in [4.78, 5) is 13.3. The van der Waals surface area contributed by atoms with Gasteiger partial charge in [-0.3, -0.25) is 9.69 Å². The van der Waals surface area contributed by atoms with Gasteiger partial charge in [-0.05, 0) is 19.3 Å². The van der Waals surface area contributed by atoms with Crippen LogP contribution in [0.2, 0.25) is 0 Å². The number of carbonyl (C=O) groups is 1. The van der Waals surface area contributed by atoms with Gasteiger partial charge in [-0.1, -0.05) is 12.8 Å². The predicted molar refractivity (Wildman–Crippen MR) is 65.4 cm³/mol. The first kappa shape index (κ1) is 12.8. The fourth-order valence-corrected chi connectivity index (χ4v) is 2.90. The highest BCUT2D eigenvalue weighted by atomic mass is 16.5. The molecule has 0 bridgehead atoms. The molecule has 17 heavy (non-hydrogen) atoms. The molecule has 2 rings (SSSR count). The molecule has 1 saturated carbocycles. The molecule has 1 amide bonds. The van der Waals surface area contributed by atoms with Gasteiger partial charge in [-0.2, -0.15) is 0 Å². The predicted octanol–water partition coefficient (Wildman–Crippen LogP) is -0.168. The molecule has 0 aromatic heterocycles. The standard InChI is InChI=1S/C12H23N3O2/c13-9(12(14)16)5-6-15-7-8-17-11-4-2-1-3-10(11)15/h9-11H,1-8,13H2,(H2,14,16). The van der Waals surface area contributed by atoms with Crippen LogP contribution in [0.3, 0.4) is 0 Å². The maximum atomic E-state index is 10.9. The Labute approximate surface area is 102 Å². The summed E-state index contributed by atoms with van der Waals surface area (Å²) in [6, 6.07) is 0.0115. The van der Waals surface area contributed by atoms with Crippen LogP contribution in [0.5, 0.6) is 0 Å². The zero-order valence-corrected chi connectivity index (χ0v) is 10.3.